The van der Waals surface area contributed by atoms with Crippen LogP contribution in [-0.2, 0) is 25.2 Å². The number of fused-ring (bicyclic) bond motifs is 5. The van der Waals surface area contributed by atoms with Gasteiger partial charge in [0.1, 0.15) is 0 Å². The molecule has 0 aromatic heterocycles. The number of halogens is 1. The number of carbonyl (C=O) groups excluding carboxylic acids is 3. The van der Waals surface area contributed by atoms with Gasteiger partial charge in [-0.1, -0.05) is 120 Å². The largest absolute Gasteiger partial charge is 0.297 e. The van der Waals surface area contributed by atoms with E-state index < -0.39 is 22.7 Å². The van der Waals surface area contributed by atoms with Gasteiger partial charge in [-0.15, -0.1) is 0 Å². The highest BCUT2D eigenvalue weighted by molar-refractivity contribution is 14.1. The van der Waals surface area contributed by atoms with Gasteiger partial charge in [0.25, 0.3) is 0 Å². The first-order valence-electron chi connectivity index (χ1n) is 15.5. The number of nitrogens with zero attached hydrogens (tertiary/aromatic N) is 1. The zero-order valence-corrected chi connectivity index (χ0v) is 27.6. The normalized spacial score (nSPS) is 25.0. The second-order valence-electron chi connectivity index (χ2n) is 12.6. The topological polar surface area (TPSA) is 54.5 Å². The standard InChI is InChI=1S/C41H30INO3/c1-25-13-17-27(18-14-25)33-34(28-19-15-26(2)16-20-28)41(30-11-7-4-8-12-30)36-35(40(33,39(41)46)29-9-5-3-6-10-29)37(44)43(38(36)45)32-23-21-31(42)22-24-32/h3-24,35-36H,1-2H3/t35-,36-,40-,41-/m1/s1. The number of Topliss-reactive ketones (excluding diaryl/α,β-unsaturated/α-hetero) is 1. The SMILES string of the molecule is Cc1ccc(C2=C(c3ccc(C)cc3)[C@@]3(c4ccccc4)C(=O)[C@@]2(c2ccccc2)[C@H]2C(=O)N(c4ccc(I)cc4)C(=O)[C@@H]23)cc1. The smallest absolute Gasteiger partial charge is 0.239 e. The number of hydrogen-bond donors (Lipinski definition) is 0. The van der Waals surface area contributed by atoms with Crippen molar-refractivity contribution >= 4 is 57.0 Å². The third-order valence-electron chi connectivity index (χ3n) is 10.2. The summed E-state index contributed by atoms with van der Waals surface area (Å²) in [6.45, 7) is 4.08. The Hall–Kier alpha value is -4.62. The van der Waals surface area contributed by atoms with Crippen molar-refractivity contribution in [2.24, 2.45) is 11.8 Å². The van der Waals surface area contributed by atoms with Crippen LogP contribution in [0.4, 0.5) is 5.69 Å². The van der Waals surface area contributed by atoms with Crippen molar-refractivity contribution in [2.75, 3.05) is 4.90 Å². The summed E-state index contributed by atoms with van der Waals surface area (Å²) in [6.07, 6.45) is 0. The molecular weight excluding hydrogens is 681 g/mol. The first kappa shape index (κ1) is 28.8. The van der Waals surface area contributed by atoms with Crippen molar-refractivity contribution in [1.29, 1.82) is 0 Å². The van der Waals surface area contributed by atoms with E-state index in [0.29, 0.717) is 5.69 Å². The van der Waals surface area contributed by atoms with Gasteiger partial charge < -0.3 is 0 Å². The van der Waals surface area contributed by atoms with Gasteiger partial charge in [0.15, 0.2) is 5.78 Å². The maximum absolute atomic E-state index is 15.9. The Morgan fingerprint density at radius 1 is 0.522 bits per heavy atom. The summed E-state index contributed by atoms with van der Waals surface area (Å²) in [5.41, 5.74) is 4.75. The summed E-state index contributed by atoms with van der Waals surface area (Å²) in [6, 6.07) is 43.2. The number of aryl methyl sites for hydroxylation is 2. The highest BCUT2D eigenvalue weighted by Crippen LogP contribution is 2.74. The molecule has 0 spiro atoms. The Bertz CT molecular complexity index is 1940. The van der Waals surface area contributed by atoms with Crippen LogP contribution < -0.4 is 4.90 Å². The molecule has 0 unspecified atom stereocenters. The number of ketones is 1. The van der Waals surface area contributed by atoms with Gasteiger partial charge in [0, 0.05) is 3.57 Å². The van der Waals surface area contributed by atoms with Gasteiger partial charge in [0.05, 0.1) is 28.4 Å². The summed E-state index contributed by atoms with van der Waals surface area (Å²) in [5, 5.41) is 0. The molecule has 224 valence electrons. The summed E-state index contributed by atoms with van der Waals surface area (Å²) < 4.78 is 1.00. The molecule has 0 radical (unpaired) electrons. The summed E-state index contributed by atoms with van der Waals surface area (Å²) in [4.78, 5) is 47.3. The summed E-state index contributed by atoms with van der Waals surface area (Å²) in [7, 11) is 0. The van der Waals surface area contributed by atoms with E-state index in [4.69, 9.17) is 0 Å². The number of hydrogen-bond acceptors (Lipinski definition) is 3. The van der Waals surface area contributed by atoms with Crippen LogP contribution in [0.25, 0.3) is 11.1 Å². The molecule has 5 aromatic rings. The van der Waals surface area contributed by atoms with Crippen LogP contribution in [0, 0.1) is 29.3 Å². The molecule has 1 aliphatic heterocycles. The van der Waals surface area contributed by atoms with E-state index in [9.17, 15) is 0 Å². The third-order valence-corrected chi connectivity index (χ3v) is 10.9. The van der Waals surface area contributed by atoms with E-state index in [1.165, 1.54) is 4.90 Å². The molecule has 1 saturated carbocycles. The monoisotopic (exact) mass is 711 g/mol. The lowest BCUT2D eigenvalue weighted by Gasteiger charge is -2.39. The maximum atomic E-state index is 15.9. The maximum Gasteiger partial charge on any atom is 0.239 e. The minimum absolute atomic E-state index is 0.109. The Morgan fingerprint density at radius 3 is 1.30 bits per heavy atom. The van der Waals surface area contributed by atoms with Crippen LogP contribution in [0.3, 0.4) is 0 Å². The second kappa shape index (κ2) is 10.5. The summed E-state index contributed by atoms with van der Waals surface area (Å²) >= 11 is 2.22. The molecule has 5 aromatic carbocycles. The minimum atomic E-state index is -1.40. The molecule has 1 heterocycles. The summed E-state index contributed by atoms with van der Waals surface area (Å²) in [5.74, 6) is -2.64. The van der Waals surface area contributed by atoms with Crippen molar-refractivity contribution in [2.45, 2.75) is 24.7 Å². The molecule has 2 aliphatic carbocycles. The van der Waals surface area contributed by atoms with Crippen LogP contribution in [0.5, 0.6) is 0 Å². The number of anilines is 1. The Balaban J connectivity index is 1.55. The van der Waals surface area contributed by atoms with Gasteiger partial charge in [0.2, 0.25) is 11.8 Å². The molecule has 3 aliphatic rings. The van der Waals surface area contributed by atoms with Crippen LogP contribution in [0.15, 0.2) is 133 Å². The van der Waals surface area contributed by atoms with Crippen molar-refractivity contribution in [3.8, 4) is 0 Å². The highest BCUT2D eigenvalue weighted by Gasteiger charge is 2.82. The van der Waals surface area contributed by atoms with Gasteiger partial charge in [-0.3, -0.25) is 14.4 Å². The van der Waals surface area contributed by atoms with E-state index in [1.807, 2.05) is 98.8 Å². The van der Waals surface area contributed by atoms with E-state index >= 15 is 14.4 Å². The van der Waals surface area contributed by atoms with Crippen LogP contribution in [0.2, 0.25) is 0 Å². The number of rotatable bonds is 5. The molecule has 0 N–H and O–H groups in total. The van der Waals surface area contributed by atoms with Crippen LogP contribution in [0.1, 0.15) is 33.4 Å². The van der Waals surface area contributed by atoms with E-state index in [-0.39, 0.29) is 17.6 Å². The molecule has 2 bridgehead atoms. The number of amides is 2. The second-order valence-corrected chi connectivity index (χ2v) is 13.8. The van der Waals surface area contributed by atoms with Gasteiger partial charge in [-0.2, -0.15) is 0 Å². The molecule has 8 rings (SSSR count). The number of imide groups is 1. The average molecular weight is 712 g/mol. The minimum Gasteiger partial charge on any atom is -0.297 e. The number of allylic oxidation sites excluding steroid dienone is 2. The Labute approximate surface area is 281 Å². The van der Waals surface area contributed by atoms with Crippen LogP contribution in [-0.4, -0.2) is 17.6 Å². The van der Waals surface area contributed by atoms with Crippen molar-refractivity contribution in [1.82, 2.24) is 0 Å². The van der Waals surface area contributed by atoms with Crippen LogP contribution >= 0.6 is 22.6 Å². The predicted molar refractivity (Wildman–Crippen MR) is 189 cm³/mol. The van der Waals surface area contributed by atoms with E-state index in [2.05, 4.69) is 71.1 Å². The van der Waals surface area contributed by atoms with Crippen molar-refractivity contribution in [3.63, 3.8) is 0 Å². The average Bonchev–Trinajstić information content (AvgIpc) is 3.59. The zero-order valence-electron chi connectivity index (χ0n) is 25.4. The molecule has 4 nitrogen and oxygen atoms in total. The van der Waals surface area contributed by atoms with Crippen molar-refractivity contribution < 1.29 is 14.4 Å². The highest BCUT2D eigenvalue weighted by atomic mass is 127. The van der Waals surface area contributed by atoms with E-state index in [1.54, 1.807) is 0 Å². The Morgan fingerprint density at radius 2 is 0.913 bits per heavy atom. The van der Waals surface area contributed by atoms with E-state index in [0.717, 1.165) is 48.1 Å². The lowest BCUT2D eigenvalue weighted by Crippen LogP contribution is -2.45. The van der Waals surface area contributed by atoms with Crippen molar-refractivity contribution in [3.05, 3.63) is 170 Å². The molecule has 1 saturated heterocycles. The first-order chi connectivity index (χ1) is 22.3. The molecular formula is C41H30INO3. The molecule has 4 atom stereocenters. The molecule has 2 amide bonds. The first-order valence-corrected chi connectivity index (χ1v) is 16.6. The van der Waals surface area contributed by atoms with Gasteiger partial charge in [-0.05, 0) is 94.1 Å². The fraction of sp³-hybridized carbons (Fsp3) is 0.146. The molecule has 2 fully saturated rings. The van der Waals surface area contributed by atoms with Gasteiger partial charge in [-0.25, -0.2) is 4.90 Å². The molecule has 46 heavy (non-hydrogen) atoms. The number of carbonyl (C=O) groups is 3. The lowest BCUT2D eigenvalue weighted by atomic mass is 9.59. The van der Waals surface area contributed by atoms with Gasteiger partial charge >= 0.3 is 0 Å². The fourth-order valence-corrected chi connectivity index (χ4v) is 8.77. The lowest BCUT2D eigenvalue weighted by molar-refractivity contribution is -0.130. The zero-order chi connectivity index (χ0) is 31.8. The predicted octanol–water partition coefficient (Wildman–Crippen LogP) is 8.10. The number of benzene rings is 5. The molecule has 5 heteroatoms. The fourth-order valence-electron chi connectivity index (χ4n) is 8.41. The third kappa shape index (κ3) is 3.69. The quantitative estimate of drug-likeness (QED) is 0.137. The Kier molecular flexibility index (Phi) is 6.55.